The van der Waals surface area contributed by atoms with Crippen LogP contribution in [-0.4, -0.2) is 54.6 Å². The average molecular weight is 437 g/mol. The predicted octanol–water partition coefficient (Wildman–Crippen LogP) is 2.88. The van der Waals surface area contributed by atoms with Crippen molar-refractivity contribution in [1.82, 2.24) is 5.32 Å². The third kappa shape index (κ3) is 4.30. The molecule has 1 unspecified atom stereocenters. The number of thioether (sulfide) groups is 1. The van der Waals surface area contributed by atoms with E-state index < -0.39 is 16.4 Å². The Bertz CT molecular complexity index is 873. The van der Waals surface area contributed by atoms with E-state index in [9.17, 15) is 9.59 Å². The lowest BCUT2D eigenvalue weighted by molar-refractivity contribution is -0.117. The molecule has 2 saturated heterocycles. The summed E-state index contributed by atoms with van der Waals surface area (Å²) in [5, 5.41) is 10.6. The van der Waals surface area contributed by atoms with E-state index in [1.807, 2.05) is 37.3 Å². The van der Waals surface area contributed by atoms with Crippen LogP contribution in [0.3, 0.4) is 0 Å². The molecule has 10 heteroatoms. The first-order valence-corrected chi connectivity index (χ1v) is 10.5. The molecule has 29 heavy (non-hydrogen) atoms. The van der Waals surface area contributed by atoms with Gasteiger partial charge in [0, 0.05) is 11.4 Å². The van der Waals surface area contributed by atoms with Crippen molar-refractivity contribution < 1.29 is 19.1 Å². The number of benzene rings is 1. The number of amides is 2. The Balaban J connectivity index is 1.32. The largest absolute Gasteiger partial charge is 0.463 e. The van der Waals surface area contributed by atoms with Gasteiger partial charge in [-0.25, -0.2) is 4.79 Å². The number of cyclic esters (lactones) is 1. The number of allylic oxidation sites excluding steroid dienone is 1. The second-order valence-corrected chi connectivity index (χ2v) is 9.73. The first-order chi connectivity index (χ1) is 13.8. The standard InChI is InChI=1S/C19H21ClN4O4S/c1-19(20)7-6-15(29-19)16(25)22-10-14-11-24(18(26)28-14)13-4-2-12(3-5-13)23-8-9-27-17(23)21/h2-6,14,21H,7-11H2,1H3,(H,22,25)/t14-,19?/m0/s1. The second-order valence-electron chi connectivity index (χ2n) is 7.12. The maximum atomic E-state index is 12.3. The van der Waals surface area contributed by atoms with Crippen molar-refractivity contribution in [1.29, 1.82) is 5.41 Å². The van der Waals surface area contributed by atoms with Gasteiger partial charge >= 0.3 is 6.09 Å². The summed E-state index contributed by atoms with van der Waals surface area (Å²) in [4.78, 5) is 28.4. The Kier molecular flexibility index (Phi) is 5.35. The number of carbonyl (C=O) groups excluding carboxylic acids is 2. The number of ether oxygens (including phenoxy) is 2. The minimum Gasteiger partial charge on any atom is -0.463 e. The van der Waals surface area contributed by atoms with Crippen LogP contribution in [0.2, 0.25) is 0 Å². The van der Waals surface area contributed by atoms with Crippen LogP contribution in [0.25, 0.3) is 0 Å². The van der Waals surface area contributed by atoms with E-state index in [4.69, 9.17) is 26.5 Å². The Morgan fingerprint density at radius 3 is 2.62 bits per heavy atom. The minimum atomic E-state index is -0.477. The van der Waals surface area contributed by atoms with E-state index in [0.717, 1.165) is 5.69 Å². The molecule has 4 rings (SSSR count). The van der Waals surface area contributed by atoms with Crippen LogP contribution in [-0.2, 0) is 14.3 Å². The lowest BCUT2D eigenvalue weighted by Gasteiger charge is -2.17. The van der Waals surface area contributed by atoms with Crippen molar-refractivity contribution >= 4 is 52.8 Å². The number of amidine groups is 1. The first-order valence-electron chi connectivity index (χ1n) is 9.26. The third-order valence-corrected chi connectivity index (χ3v) is 6.38. The van der Waals surface area contributed by atoms with E-state index >= 15 is 0 Å². The van der Waals surface area contributed by atoms with Crippen molar-refractivity contribution in [3.8, 4) is 0 Å². The summed E-state index contributed by atoms with van der Waals surface area (Å²) in [7, 11) is 0. The SMILES string of the molecule is CC1(Cl)CC=C(C(=O)NC[C@H]2CN(c3ccc(N4CCOC4=N)cc3)C(=O)O2)S1. The van der Waals surface area contributed by atoms with E-state index in [2.05, 4.69) is 5.32 Å². The fourth-order valence-electron chi connectivity index (χ4n) is 3.33. The summed E-state index contributed by atoms with van der Waals surface area (Å²) in [6.45, 7) is 3.58. The second kappa shape index (κ2) is 7.79. The molecule has 154 valence electrons. The number of nitrogens with zero attached hydrogens (tertiary/aromatic N) is 2. The van der Waals surface area contributed by atoms with Gasteiger partial charge in [0.2, 0.25) is 0 Å². The van der Waals surface area contributed by atoms with Gasteiger partial charge in [0.1, 0.15) is 12.7 Å². The van der Waals surface area contributed by atoms with Crippen molar-refractivity contribution in [2.24, 2.45) is 0 Å². The van der Waals surface area contributed by atoms with Crippen LogP contribution in [0, 0.1) is 5.41 Å². The molecule has 1 aromatic rings. The van der Waals surface area contributed by atoms with E-state index in [-0.39, 0.29) is 18.5 Å². The van der Waals surface area contributed by atoms with Gasteiger partial charge in [-0.05, 0) is 37.6 Å². The lowest BCUT2D eigenvalue weighted by atomic mass is 10.2. The highest BCUT2D eigenvalue weighted by molar-refractivity contribution is 8.06. The first kappa shape index (κ1) is 19.9. The van der Waals surface area contributed by atoms with Crippen molar-refractivity contribution in [3.05, 3.63) is 35.2 Å². The molecule has 3 aliphatic rings. The molecule has 0 aliphatic carbocycles. The molecule has 0 aromatic heterocycles. The maximum Gasteiger partial charge on any atom is 0.414 e. The molecule has 0 radical (unpaired) electrons. The van der Waals surface area contributed by atoms with Gasteiger partial charge in [-0.3, -0.25) is 20.0 Å². The van der Waals surface area contributed by atoms with Crippen molar-refractivity contribution in [3.63, 3.8) is 0 Å². The summed E-state index contributed by atoms with van der Waals surface area (Å²) in [6, 6.07) is 7.43. The fraction of sp³-hybridized carbons (Fsp3) is 0.421. The number of hydrogen-bond acceptors (Lipinski definition) is 6. The van der Waals surface area contributed by atoms with Crippen molar-refractivity contribution in [2.75, 3.05) is 36.0 Å². The zero-order chi connectivity index (χ0) is 20.6. The number of halogens is 1. The molecule has 3 aliphatic heterocycles. The highest BCUT2D eigenvalue weighted by Crippen LogP contribution is 2.44. The number of rotatable bonds is 5. The number of alkyl halides is 1. The monoisotopic (exact) mass is 436 g/mol. The maximum absolute atomic E-state index is 12.3. The highest BCUT2D eigenvalue weighted by Gasteiger charge is 2.34. The molecule has 3 heterocycles. The topological polar surface area (TPSA) is 95.0 Å². The highest BCUT2D eigenvalue weighted by atomic mass is 35.5. The quantitative estimate of drug-likeness (QED) is 0.689. The molecule has 2 fully saturated rings. The molecular formula is C19H21ClN4O4S. The summed E-state index contributed by atoms with van der Waals surface area (Å²) >= 11 is 7.57. The number of nitrogens with one attached hydrogen (secondary N) is 2. The summed E-state index contributed by atoms with van der Waals surface area (Å²) in [5.74, 6) is -0.200. The molecule has 0 saturated carbocycles. The molecule has 2 amide bonds. The average Bonchev–Trinajstić information content (AvgIpc) is 3.38. The smallest absolute Gasteiger partial charge is 0.414 e. The fourth-order valence-corrected chi connectivity index (χ4v) is 4.61. The van der Waals surface area contributed by atoms with Gasteiger partial charge in [0.25, 0.3) is 11.9 Å². The van der Waals surface area contributed by atoms with Gasteiger partial charge in [0.05, 0.1) is 28.7 Å². The van der Waals surface area contributed by atoms with E-state index in [1.165, 1.54) is 16.7 Å². The molecule has 0 spiro atoms. The minimum absolute atomic E-state index is 0.124. The Labute approximate surface area is 177 Å². The van der Waals surface area contributed by atoms with Crippen LogP contribution in [0.4, 0.5) is 16.2 Å². The van der Waals surface area contributed by atoms with Gasteiger partial charge < -0.3 is 14.8 Å². The van der Waals surface area contributed by atoms with Gasteiger partial charge in [-0.2, -0.15) is 0 Å². The van der Waals surface area contributed by atoms with Gasteiger partial charge in [-0.15, -0.1) is 11.6 Å². The zero-order valence-corrected chi connectivity index (χ0v) is 17.4. The third-order valence-electron chi connectivity index (χ3n) is 4.83. The zero-order valence-electron chi connectivity index (χ0n) is 15.8. The van der Waals surface area contributed by atoms with Crippen LogP contribution in [0.15, 0.2) is 35.2 Å². The Morgan fingerprint density at radius 1 is 1.34 bits per heavy atom. The lowest BCUT2D eigenvalue weighted by Crippen LogP contribution is -2.35. The van der Waals surface area contributed by atoms with Crippen LogP contribution in [0.5, 0.6) is 0 Å². The predicted molar refractivity (Wildman–Crippen MR) is 113 cm³/mol. The van der Waals surface area contributed by atoms with Crippen molar-refractivity contribution in [2.45, 2.75) is 23.7 Å². The molecule has 2 atom stereocenters. The molecular weight excluding hydrogens is 416 g/mol. The Morgan fingerprint density at radius 2 is 2.03 bits per heavy atom. The van der Waals surface area contributed by atoms with Crippen LogP contribution >= 0.6 is 23.4 Å². The summed E-state index contributed by atoms with van der Waals surface area (Å²) in [5.41, 5.74) is 1.53. The van der Waals surface area contributed by atoms with Crippen LogP contribution in [0.1, 0.15) is 13.3 Å². The summed E-state index contributed by atoms with van der Waals surface area (Å²) < 4.78 is 10.1. The van der Waals surface area contributed by atoms with Gasteiger partial charge in [-0.1, -0.05) is 17.8 Å². The van der Waals surface area contributed by atoms with E-state index in [1.54, 1.807) is 4.90 Å². The molecule has 8 nitrogen and oxygen atoms in total. The summed E-state index contributed by atoms with van der Waals surface area (Å²) in [6.07, 6.45) is 1.58. The van der Waals surface area contributed by atoms with Gasteiger partial charge in [0.15, 0.2) is 0 Å². The number of anilines is 2. The van der Waals surface area contributed by atoms with Crippen LogP contribution < -0.4 is 15.1 Å². The molecule has 1 aromatic carbocycles. The normalized spacial score (nSPS) is 26.4. The Hall–Kier alpha value is -2.39. The number of carbonyl (C=O) groups is 2. The van der Waals surface area contributed by atoms with E-state index in [0.29, 0.717) is 36.7 Å². The number of hydrogen-bond donors (Lipinski definition) is 2. The molecule has 2 N–H and O–H groups in total. The molecule has 0 bridgehead atoms.